The Labute approximate surface area is 146 Å². The summed E-state index contributed by atoms with van der Waals surface area (Å²) in [4.78, 5) is 37.1. The second kappa shape index (κ2) is 7.13. The molecule has 0 saturated carbocycles. The minimum Gasteiger partial charge on any atom is -0.480 e. The highest BCUT2D eigenvalue weighted by molar-refractivity contribution is 5.75. The number of carbonyl (C=O) groups is 2. The predicted molar refractivity (Wildman–Crippen MR) is 93.4 cm³/mol. The normalized spacial score (nSPS) is 16.2. The number of hydrogen-bond acceptors (Lipinski definition) is 4. The van der Waals surface area contributed by atoms with Crippen LogP contribution in [0.5, 0.6) is 0 Å². The van der Waals surface area contributed by atoms with Gasteiger partial charge in [-0.3, -0.25) is 4.79 Å². The van der Waals surface area contributed by atoms with Crippen molar-refractivity contribution in [2.24, 2.45) is 0 Å². The molecular formula is C18H24N2O5. The summed E-state index contributed by atoms with van der Waals surface area (Å²) in [5.74, 6) is -1.07. The quantitative estimate of drug-likeness (QED) is 0.907. The van der Waals surface area contributed by atoms with Crippen molar-refractivity contribution in [1.82, 2.24) is 9.47 Å². The Bertz CT molecular complexity index is 757. The summed E-state index contributed by atoms with van der Waals surface area (Å²) in [6.07, 6.45) is 3.75. The van der Waals surface area contributed by atoms with Crippen LogP contribution in [0.15, 0.2) is 29.2 Å². The van der Waals surface area contributed by atoms with Gasteiger partial charge in [-0.25, -0.2) is 9.59 Å². The fraction of sp³-hybridized carbons (Fsp3) is 0.500. The summed E-state index contributed by atoms with van der Waals surface area (Å²) in [6.45, 7) is 7.81. The van der Waals surface area contributed by atoms with E-state index < -0.39 is 17.6 Å². The molecule has 0 aliphatic carbocycles. The van der Waals surface area contributed by atoms with Crippen molar-refractivity contribution in [3.8, 4) is 0 Å². The van der Waals surface area contributed by atoms with E-state index in [1.54, 1.807) is 11.0 Å². The van der Waals surface area contributed by atoms with E-state index >= 15 is 0 Å². The third-order valence-corrected chi connectivity index (χ3v) is 3.90. The van der Waals surface area contributed by atoms with Crippen molar-refractivity contribution in [1.29, 1.82) is 0 Å². The number of carboxylic acid groups (broad SMARTS) is 1. The lowest BCUT2D eigenvalue weighted by Gasteiger charge is -2.30. The van der Waals surface area contributed by atoms with E-state index in [2.05, 4.69) is 0 Å². The number of amides is 1. The van der Waals surface area contributed by atoms with Crippen LogP contribution in [0.25, 0.3) is 5.57 Å². The van der Waals surface area contributed by atoms with E-state index in [9.17, 15) is 14.4 Å². The first kappa shape index (κ1) is 18.8. The molecule has 2 heterocycles. The van der Waals surface area contributed by atoms with Crippen molar-refractivity contribution in [3.63, 3.8) is 0 Å². The lowest BCUT2D eigenvalue weighted by atomic mass is 10.0. The van der Waals surface area contributed by atoms with Crippen LogP contribution in [0.4, 0.5) is 4.79 Å². The maximum Gasteiger partial charge on any atom is 0.410 e. The molecule has 0 fully saturated rings. The third kappa shape index (κ3) is 4.71. The van der Waals surface area contributed by atoms with Crippen molar-refractivity contribution in [2.45, 2.75) is 45.8 Å². The van der Waals surface area contributed by atoms with Gasteiger partial charge in [0.05, 0.1) is 0 Å². The van der Waals surface area contributed by atoms with Gasteiger partial charge in [0.1, 0.15) is 11.6 Å². The summed E-state index contributed by atoms with van der Waals surface area (Å²) in [7, 11) is 0. The van der Waals surface area contributed by atoms with Crippen molar-refractivity contribution < 1.29 is 19.4 Å². The zero-order valence-corrected chi connectivity index (χ0v) is 15.0. The molecule has 25 heavy (non-hydrogen) atoms. The molecule has 0 aromatic carbocycles. The maximum absolute atomic E-state index is 12.2. The van der Waals surface area contributed by atoms with Gasteiger partial charge in [-0.1, -0.05) is 6.08 Å². The van der Waals surface area contributed by atoms with Crippen LogP contribution >= 0.6 is 0 Å². The predicted octanol–water partition coefficient (Wildman–Crippen LogP) is 2.52. The first-order valence-electron chi connectivity index (χ1n) is 8.21. The topological polar surface area (TPSA) is 88.8 Å². The van der Waals surface area contributed by atoms with Crippen molar-refractivity contribution >= 4 is 17.6 Å². The molecule has 7 nitrogen and oxygen atoms in total. The SMILES string of the molecule is CC(C(=O)O)n1ccc(C2=CCCN(C(=O)OC(C)(C)C)C2)cc1=O. The second-order valence-electron chi connectivity index (χ2n) is 7.10. The minimum absolute atomic E-state index is 0.354. The van der Waals surface area contributed by atoms with E-state index in [4.69, 9.17) is 9.84 Å². The summed E-state index contributed by atoms with van der Waals surface area (Å²) in [6, 6.07) is 2.18. The molecule has 0 saturated heterocycles. The number of hydrogen-bond donors (Lipinski definition) is 1. The van der Waals surface area contributed by atoms with E-state index in [0.29, 0.717) is 25.1 Å². The van der Waals surface area contributed by atoms with Crippen LogP contribution in [0, 0.1) is 0 Å². The number of aliphatic carboxylic acids is 1. The van der Waals surface area contributed by atoms with E-state index in [-0.39, 0.29) is 11.7 Å². The Morgan fingerprint density at radius 3 is 2.56 bits per heavy atom. The average Bonchev–Trinajstić information content (AvgIpc) is 2.52. The van der Waals surface area contributed by atoms with Gasteiger partial charge in [0.2, 0.25) is 0 Å². The number of carbonyl (C=O) groups excluding carboxylic acids is 1. The highest BCUT2D eigenvalue weighted by Crippen LogP contribution is 2.22. The van der Waals surface area contributed by atoms with Gasteiger partial charge >= 0.3 is 12.1 Å². The molecule has 7 heteroatoms. The van der Waals surface area contributed by atoms with Gasteiger partial charge in [0.25, 0.3) is 5.56 Å². The molecule has 136 valence electrons. The number of pyridine rings is 1. The minimum atomic E-state index is -1.07. The second-order valence-corrected chi connectivity index (χ2v) is 7.10. The maximum atomic E-state index is 12.2. The molecule has 1 N–H and O–H groups in total. The number of ether oxygens (including phenoxy) is 1. The van der Waals surface area contributed by atoms with Crippen LogP contribution in [-0.2, 0) is 9.53 Å². The van der Waals surface area contributed by atoms with Gasteiger partial charge in [-0.2, -0.15) is 0 Å². The number of aromatic nitrogens is 1. The molecule has 1 aromatic heterocycles. The molecule has 0 radical (unpaired) electrons. The Balaban J connectivity index is 2.18. The molecule has 1 aliphatic heterocycles. The number of carboxylic acids is 1. The highest BCUT2D eigenvalue weighted by atomic mass is 16.6. The first-order chi connectivity index (χ1) is 11.6. The zero-order valence-electron chi connectivity index (χ0n) is 15.0. The van der Waals surface area contributed by atoms with E-state index in [1.807, 2.05) is 26.8 Å². The molecule has 1 atom stereocenters. The molecule has 1 aliphatic rings. The average molecular weight is 348 g/mol. The molecule has 2 rings (SSSR count). The fourth-order valence-electron chi connectivity index (χ4n) is 2.56. The van der Waals surface area contributed by atoms with Crippen LogP contribution in [0.2, 0.25) is 0 Å². The summed E-state index contributed by atoms with van der Waals surface area (Å²) in [5, 5.41) is 9.04. The van der Waals surface area contributed by atoms with Crippen LogP contribution < -0.4 is 5.56 Å². The Hall–Kier alpha value is -2.57. The Morgan fingerprint density at radius 2 is 2.00 bits per heavy atom. The van der Waals surface area contributed by atoms with Crippen LogP contribution in [-0.4, -0.2) is 45.3 Å². The van der Waals surface area contributed by atoms with E-state index in [0.717, 1.165) is 5.57 Å². The summed E-state index contributed by atoms with van der Waals surface area (Å²) in [5.41, 5.74) is 0.588. The number of rotatable bonds is 3. The lowest BCUT2D eigenvalue weighted by molar-refractivity contribution is -0.140. The van der Waals surface area contributed by atoms with Gasteiger partial charge in [0, 0.05) is 25.4 Å². The van der Waals surface area contributed by atoms with Gasteiger partial charge < -0.3 is 19.3 Å². The Morgan fingerprint density at radius 1 is 1.32 bits per heavy atom. The van der Waals surface area contributed by atoms with Gasteiger partial charge in [-0.15, -0.1) is 0 Å². The van der Waals surface area contributed by atoms with Gasteiger partial charge in [0.15, 0.2) is 0 Å². The molecule has 1 amide bonds. The van der Waals surface area contributed by atoms with Crippen LogP contribution in [0.1, 0.15) is 45.7 Å². The third-order valence-electron chi connectivity index (χ3n) is 3.90. The van der Waals surface area contributed by atoms with E-state index in [1.165, 1.54) is 23.8 Å². The number of nitrogens with zero attached hydrogens (tertiary/aromatic N) is 2. The molecular weight excluding hydrogens is 324 g/mol. The van der Waals surface area contributed by atoms with Crippen molar-refractivity contribution in [2.75, 3.05) is 13.1 Å². The zero-order chi connectivity index (χ0) is 18.8. The highest BCUT2D eigenvalue weighted by Gasteiger charge is 2.25. The first-order valence-corrected chi connectivity index (χ1v) is 8.21. The standard InChI is InChI=1S/C18H24N2O5/c1-12(16(22)23)20-9-7-13(10-15(20)21)14-6-5-8-19(11-14)17(24)25-18(2,3)4/h6-7,9-10,12H,5,8,11H2,1-4H3,(H,22,23). The largest absolute Gasteiger partial charge is 0.480 e. The summed E-state index contributed by atoms with van der Waals surface area (Å²) < 4.78 is 6.56. The molecule has 0 spiro atoms. The van der Waals surface area contributed by atoms with Crippen LogP contribution in [0.3, 0.4) is 0 Å². The van der Waals surface area contributed by atoms with Crippen molar-refractivity contribution in [3.05, 3.63) is 40.3 Å². The molecule has 0 bridgehead atoms. The summed E-state index contributed by atoms with van der Waals surface area (Å²) >= 11 is 0. The molecule has 1 aromatic rings. The lowest BCUT2D eigenvalue weighted by Crippen LogP contribution is -2.39. The fourth-order valence-corrected chi connectivity index (χ4v) is 2.56. The molecule has 1 unspecified atom stereocenters. The van der Waals surface area contributed by atoms with Gasteiger partial charge in [-0.05, 0) is 51.3 Å². The smallest absolute Gasteiger partial charge is 0.410 e. The Kier molecular flexibility index (Phi) is 5.35. The monoisotopic (exact) mass is 348 g/mol.